The first kappa shape index (κ1) is 15.1. The van der Waals surface area contributed by atoms with Gasteiger partial charge in [0.05, 0.1) is 5.69 Å². The Morgan fingerprint density at radius 3 is 3.00 bits per heavy atom. The summed E-state index contributed by atoms with van der Waals surface area (Å²) in [5, 5.41) is 17.1. The summed E-state index contributed by atoms with van der Waals surface area (Å²) in [6.07, 6.45) is 0.438. The number of hydrogen-bond acceptors (Lipinski definition) is 4. The molecule has 1 aliphatic rings. The molecule has 2 heterocycles. The Balaban J connectivity index is 1.82. The van der Waals surface area contributed by atoms with Crippen molar-refractivity contribution in [3.8, 4) is 5.69 Å². The molecule has 2 aromatic rings. The van der Waals surface area contributed by atoms with Crippen molar-refractivity contribution in [2.45, 2.75) is 18.9 Å². The second-order valence-electron chi connectivity index (χ2n) is 5.35. The number of carbonyl (C=O) groups is 1. The van der Waals surface area contributed by atoms with Crippen LogP contribution in [0.3, 0.4) is 0 Å². The number of thioether (sulfide) groups is 1. The van der Waals surface area contributed by atoms with Gasteiger partial charge in [-0.05, 0) is 37.3 Å². The Kier molecular flexibility index (Phi) is 3.92. The van der Waals surface area contributed by atoms with Crippen molar-refractivity contribution in [2.24, 2.45) is 0 Å². The Morgan fingerprint density at radius 1 is 1.50 bits per heavy atom. The first-order valence-electron chi connectivity index (χ1n) is 6.92. The molecule has 0 bridgehead atoms. The molecular weight excluding hydrogens is 305 g/mol. The van der Waals surface area contributed by atoms with Gasteiger partial charge >= 0.3 is 0 Å². The van der Waals surface area contributed by atoms with E-state index in [0.29, 0.717) is 23.7 Å². The van der Waals surface area contributed by atoms with Crippen LogP contribution in [-0.4, -0.2) is 37.9 Å². The second kappa shape index (κ2) is 5.73. The van der Waals surface area contributed by atoms with Crippen LogP contribution in [0.25, 0.3) is 5.69 Å². The van der Waals surface area contributed by atoms with Crippen molar-refractivity contribution in [3.05, 3.63) is 41.8 Å². The van der Waals surface area contributed by atoms with Crippen molar-refractivity contribution in [3.63, 3.8) is 0 Å². The van der Waals surface area contributed by atoms with Crippen molar-refractivity contribution in [2.75, 3.05) is 16.8 Å². The number of carbonyl (C=O) groups excluding carboxylic acids is 1. The summed E-state index contributed by atoms with van der Waals surface area (Å²) in [5.74, 6) is 0.706. The maximum absolute atomic E-state index is 13.3. The van der Waals surface area contributed by atoms with Crippen molar-refractivity contribution in [1.82, 2.24) is 9.78 Å². The van der Waals surface area contributed by atoms with E-state index in [4.69, 9.17) is 0 Å². The van der Waals surface area contributed by atoms with Crippen LogP contribution in [0.2, 0.25) is 0 Å². The lowest BCUT2D eigenvalue weighted by molar-refractivity contribution is -0.131. The molecule has 1 atom stereocenters. The highest BCUT2D eigenvalue weighted by Crippen LogP contribution is 2.29. The van der Waals surface area contributed by atoms with E-state index >= 15 is 0 Å². The monoisotopic (exact) mass is 321 g/mol. The third kappa shape index (κ3) is 2.86. The molecule has 7 heteroatoms. The van der Waals surface area contributed by atoms with Gasteiger partial charge in [0.15, 0.2) is 11.4 Å². The number of nitrogens with zero attached hydrogens (tertiary/aromatic N) is 2. The molecule has 1 fully saturated rings. The molecule has 1 amide bonds. The summed E-state index contributed by atoms with van der Waals surface area (Å²) in [6, 6.07) is 7.75. The van der Waals surface area contributed by atoms with Gasteiger partial charge in [-0.25, -0.2) is 9.07 Å². The lowest BCUT2D eigenvalue weighted by atomic mass is 10.0. The number of rotatable bonds is 3. The molecule has 116 valence electrons. The van der Waals surface area contributed by atoms with Crippen LogP contribution in [0.1, 0.15) is 12.1 Å². The number of aliphatic hydroxyl groups is 1. The predicted octanol–water partition coefficient (Wildman–Crippen LogP) is 2.13. The highest BCUT2D eigenvalue weighted by Gasteiger charge is 2.39. The van der Waals surface area contributed by atoms with E-state index in [1.54, 1.807) is 34.6 Å². The molecule has 1 unspecified atom stereocenters. The first-order valence-corrected chi connectivity index (χ1v) is 8.08. The van der Waals surface area contributed by atoms with E-state index in [9.17, 15) is 14.3 Å². The van der Waals surface area contributed by atoms with E-state index in [1.807, 2.05) is 6.92 Å². The number of aryl methyl sites for hydroxylation is 1. The van der Waals surface area contributed by atoms with Gasteiger partial charge in [-0.15, -0.1) is 5.10 Å². The minimum absolute atomic E-state index is 0.345. The molecule has 1 aromatic carbocycles. The van der Waals surface area contributed by atoms with Crippen molar-refractivity contribution < 1.29 is 14.3 Å². The van der Waals surface area contributed by atoms with Crippen molar-refractivity contribution >= 4 is 23.5 Å². The lowest BCUT2D eigenvalue weighted by Crippen LogP contribution is -2.42. The smallest absolute Gasteiger partial charge is 0.258 e. The Bertz CT molecular complexity index is 711. The van der Waals surface area contributed by atoms with Crippen LogP contribution >= 0.6 is 11.8 Å². The van der Waals surface area contributed by atoms with Gasteiger partial charge < -0.3 is 10.4 Å². The molecule has 1 aromatic heterocycles. The van der Waals surface area contributed by atoms with Crippen LogP contribution < -0.4 is 5.32 Å². The highest BCUT2D eigenvalue weighted by atomic mass is 32.2. The maximum Gasteiger partial charge on any atom is 0.258 e. The summed E-state index contributed by atoms with van der Waals surface area (Å²) < 4.78 is 14.9. The second-order valence-corrected chi connectivity index (χ2v) is 6.46. The fourth-order valence-corrected chi connectivity index (χ4v) is 3.61. The van der Waals surface area contributed by atoms with Gasteiger partial charge in [0.25, 0.3) is 5.91 Å². The van der Waals surface area contributed by atoms with E-state index < -0.39 is 11.5 Å². The molecule has 0 spiro atoms. The number of benzene rings is 1. The first-order chi connectivity index (χ1) is 10.5. The zero-order chi connectivity index (χ0) is 15.7. The summed E-state index contributed by atoms with van der Waals surface area (Å²) in [7, 11) is 0. The molecule has 0 aliphatic carbocycles. The van der Waals surface area contributed by atoms with E-state index in [0.717, 1.165) is 11.4 Å². The molecule has 0 radical (unpaired) electrons. The maximum atomic E-state index is 13.3. The number of hydrogen-bond donors (Lipinski definition) is 2. The van der Waals surface area contributed by atoms with Gasteiger partial charge in [0.1, 0.15) is 5.82 Å². The van der Waals surface area contributed by atoms with E-state index in [2.05, 4.69) is 10.4 Å². The third-order valence-corrected chi connectivity index (χ3v) is 4.78. The quantitative estimate of drug-likeness (QED) is 0.909. The molecule has 0 saturated carbocycles. The van der Waals surface area contributed by atoms with Gasteiger partial charge in [-0.1, -0.05) is 6.07 Å². The summed E-state index contributed by atoms with van der Waals surface area (Å²) in [4.78, 5) is 12.2. The lowest BCUT2D eigenvalue weighted by Gasteiger charge is -2.19. The Hall–Kier alpha value is -1.86. The topological polar surface area (TPSA) is 67.2 Å². The predicted molar refractivity (Wildman–Crippen MR) is 83.8 cm³/mol. The Labute approximate surface area is 131 Å². The van der Waals surface area contributed by atoms with Gasteiger partial charge in [0.2, 0.25) is 0 Å². The molecule has 5 nitrogen and oxygen atoms in total. The molecular formula is C15H16FN3O2S. The Morgan fingerprint density at radius 2 is 2.32 bits per heavy atom. The SMILES string of the molecule is Cc1cc(NC(=O)C2(O)CCSC2)nn1-c1cccc(F)c1. The van der Waals surface area contributed by atoms with Gasteiger partial charge in [0, 0.05) is 17.5 Å². The molecule has 22 heavy (non-hydrogen) atoms. The standard InChI is InChI=1S/C15H16FN3O2S/c1-10-7-13(17-14(20)15(21)5-6-22-9-15)18-19(10)12-4-2-3-11(16)8-12/h2-4,7-8,21H,5-6,9H2,1H3,(H,17,18,20). The zero-order valence-corrected chi connectivity index (χ0v) is 12.9. The number of halogens is 1. The van der Waals surface area contributed by atoms with E-state index in [1.165, 1.54) is 12.1 Å². The third-order valence-electron chi connectivity index (χ3n) is 3.61. The molecule has 2 N–H and O–H groups in total. The fourth-order valence-electron chi connectivity index (χ4n) is 2.37. The van der Waals surface area contributed by atoms with Crippen LogP contribution in [0.4, 0.5) is 10.2 Å². The molecule has 1 saturated heterocycles. The average molecular weight is 321 g/mol. The fraction of sp³-hybridized carbons (Fsp3) is 0.333. The highest BCUT2D eigenvalue weighted by molar-refractivity contribution is 7.99. The normalized spacial score (nSPS) is 21.0. The number of aromatic nitrogens is 2. The van der Waals surface area contributed by atoms with Crippen LogP contribution in [0, 0.1) is 12.7 Å². The minimum Gasteiger partial charge on any atom is -0.379 e. The van der Waals surface area contributed by atoms with E-state index in [-0.39, 0.29) is 5.82 Å². The van der Waals surface area contributed by atoms with Crippen LogP contribution in [-0.2, 0) is 4.79 Å². The average Bonchev–Trinajstić information content (AvgIpc) is 3.06. The number of amides is 1. The molecule has 1 aliphatic heterocycles. The largest absolute Gasteiger partial charge is 0.379 e. The summed E-state index contributed by atoms with van der Waals surface area (Å²) in [6.45, 7) is 1.81. The zero-order valence-electron chi connectivity index (χ0n) is 12.0. The number of anilines is 1. The summed E-state index contributed by atoms with van der Waals surface area (Å²) in [5.41, 5.74) is 0.00288. The molecule has 3 rings (SSSR count). The summed E-state index contributed by atoms with van der Waals surface area (Å²) >= 11 is 1.55. The number of nitrogens with one attached hydrogen (secondary N) is 1. The minimum atomic E-state index is -1.33. The van der Waals surface area contributed by atoms with Crippen LogP contribution in [0.5, 0.6) is 0 Å². The van der Waals surface area contributed by atoms with Crippen molar-refractivity contribution in [1.29, 1.82) is 0 Å². The van der Waals surface area contributed by atoms with Gasteiger partial charge in [-0.3, -0.25) is 4.79 Å². The van der Waals surface area contributed by atoms with Gasteiger partial charge in [-0.2, -0.15) is 11.8 Å². The van der Waals surface area contributed by atoms with Crippen LogP contribution in [0.15, 0.2) is 30.3 Å².